The molecule has 1 aromatic heterocycles. The number of nitrogens with one attached hydrogen (secondary N) is 1. The molecular weight excluding hydrogens is 330 g/mol. The van der Waals surface area contributed by atoms with Gasteiger partial charge in [0.15, 0.2) is 10.4 Å². The summed E-state index contributed by atoms with van der Waals surface area (Å²) >= 11 is 8.64. The molecule has 1 N–H and O–H groups in total. The topological polar surface area (TPSA) is 64.1 Å². The predicted molar refractivity (Wildman–Crippen MR) is 86.5 cm³/mol. The fourth-order valence-electron chi connectivity index (χ4n) is 1.53. The van der Waals surface area contributed by atoms with Crippen molar-refractivity contribution in [1.82, 2.24) is 10.2 Å². The Balaban J connectivity index is 1.99. The van der Waals surface area contributed by atoms with Gasteiger partial charge in [-0.25, -0.2) is 0 Å². The zero-order chi connectivity index (χ0) is 15.2. The summed E-state index contributed by atoms with van der Waals surface area (Å²) in [6, 6.07) is 6.90. The zero-order valence-corrected chi connectivity index (χ0v) is 13.9. The maximum absolute atomic E-state index is 12.2. The Morgan fingerprint density at radius 3 is 2.71 bits per heavy atom. The average Bonchev–Trinajstić information content (AvgIpc) is 2.94. The third-order valence-electron chi connectivity index (χ3n) is 2.57. The minimum atomic E-state index is -0.590. The molecule has 21 heavy (non-hydrogen) atoms. The van der Waals surface area contributed by atoms with Crippen molar-refractivity contribution >= 4 is 45.7 Å². The Labute approximate surface area is 136 Å². The SMILES string of the molecule is CC[C@@H](Oc1ccc(Cl)cc1)C(=O)Nc1nnc(SC)s1. The molecule has 0 radical (unpaired) electrons. The zero-order valence-electron chi connectivity index (χ0n) is 11.5. The first-order valence-electron chi connectivity index (χ1n) is 6.23. The number of rotatable bonds is 6. The number of thioether (sulfide) groups is 1. The Morgan fingerprint density at radius 2 is 2.14 bits per heavy atom. The lowest BCUT2D eigenvalue weighted by atomic mass is 10.2. The van der Waals surface area contributed by atoms with Crippen LogP contribution in [0.4, 0.5) is 5.13 Å². The van der Waals surface area contributed by atoms with Crippen molar-refractivity contribution in [2.75, 3.05) is 11.6 Å². The number of anilines is 1. The van der Waals surface area contributed by atoms with Gasteiger partial charge in [-0.1, -0.05) is 41.6 Å². The van der Waals surface area contributed by atoms with Crippen LogP contribution in [-0.2, 0) is 4.79 Å². The van der Waals surface area contributed by atoms with Crippen molar-refractivity contribution in [2.45, 2.75) is 23.8 Å². The number of aromatic nitrogens is 2. The highest BCUT2D eigenvalue weighted by Crippen LogP contribution is 2.24. The summed E-state index contributed by atoms with van der Waals surface area (Å²) in [5, 5.41) is 11.7. The van der Waals surface area contributed by atoms with E-state index in [9.17, 15) is 4.79 Å². The number of benzene rings is 1. The number of hydrogen-bond donors (Lipinski definition) is 1. The van der Waals surface area contributed by atoms with Crippen molar-refractivity contribution in [1.29, 1.82) is 0 Å². The lowest BCUT2D eigenvalue weighted by Gasteiger charge is -2.16. The molecule has 1 heterocycles. The number of ether oxygens (including phenoxy) is 1. The van der Waals surface area contributed by atoms with Gasteiger partial charge in [-0.3, -0.25) is 10.1 Å². The highest BCUT2D eigenvalue weighted by atomic mass is 35.5. The van der Waals surface area contributed by atoms with Gasteiger partial charge in [-0.05, 0) is 36.9 Å². The predicted octanol–water partition coefficient (Wildman–Crippen LogP) is 3.71. The van der Waals surface area contributed by atoms with Crippen LogP contribution in [0.1, 0.15) is 13.3 Å². The summed E-state index contributed by atoms with van der Waals surface area (Å²) in [6.45, 7) is 1.88. The molecule has 2 aromatic rings. The highest BCUT2D eigenvalue weighted by molar-refractivity contribution is 8.00. The van der Waals surface area contributed by atoms with Crippen LogP contribution < -0.4 is 10.1 Å². The van der Waals surface area contributed by atoms with Gasteiger partial charge in [0.1, 0.15) is 5.75 Å². The summed E-state index contributed by atoms with van der Waals surface area (Å²) < 4.78 is 6.47. The molecule has 0 spiro atoms. The van der Waals surface area contributed by atoms with Crippen molar-refractivity contribution in [3.63, 3.8) is 0 Å². The molecular formula is C13H14ClN3O2S2. The van der Waals surface area contributed by atoms with Crippen molar-refractivity contribution in [2.24, 2.45) is 0 Å². The van der Waals surface area contributed by atoms with Crippen LogP contribution in [0.2, 0.25) is 5.02 Å². The smallest absolute Gasteiger partial charge is 0.267 e. The van der Waals surface area contributed by atoms with Gasteiger partial charge in [0.2, 0.25) is 5.13 Å². The van der Waals surface area contributed by atoms with E-state index in [1.807, 2.05) is 13.2 Å². The van der Waals surface area contributed by atoms with E-state index in [1.165, 1.54) is 23.1 Å². The van der Waals surface area contributed by atoms with Gasteiger partial charge in [-0.2, -0.15) is 0 Å². The van der Waals surface area contributed by atoms with Crippen molar-refractivity contribution in [3.8, 4) is 5.75 Å². The Kier molecular flexibility index (Phi) is 5.84. The molecule has 1 aromatic carbocycles. The summed E-state index contributed by atoms with van der Waals surface area (Å²) in [4.78, 5) is 12.2. The highest BCUT2D eigenvalue weighted by Gasteiger charge is 2.20. The molecule has 1 amide bonds. The van der Waals surface area contributed by atoms with E-state index in [2.05, 4.69) is 15.5 Å². The largest absolute Gasteiger partial charge is 0.481 e. The van der Waals surface area contributed by atoms with E-state index in [-0.39, 0.29) is 5.91 Å². The molecule has 0 aliphatic heterocycles. The van der Waals surface area contributed by atoms with Gasteiger partial charge in [0.05, 0.1) is 0 Å². The van der Waals surface area contributed by atoms with E-state index < -0.39 is 6.10 Å². The number of hydrogen-bond acceptors (Lipinski definition) is 6. The minimum absolute atomic E-state index is 0.240. The average molecular weight is 344 g/mol. The normalized spacial score (nSPS) is 12.0. The summed E-state index contributed by atoms with van der Waals surface area (Å²) in [7, 11) is 0. The van der Waals surface area contributed by atoms with Gasteiger partial charge in [0, 0.05) is 5.02 Å². The van der Waals surface area contributed by atoms with Crippen LogP contribution in [0.25, 0.3) is 0 Å². The number of carbonyl (C=O) groups excluding carboxylic acids is 1. The first-order chi connectivity index (χ1) is 10.1. The molecule has 0 saturated heterocycles. The van der Waals surface area contributed by atoms with E-state index in [4.69, 9.17) is 16.3 Å². The molecule has 0 saturated carbocycles. The van der Waals surface area contributed by atoms with Crippen LogP contribution >= 0.6 is 34.7 Å². The van der Waals surface area contributed by atoms with Crippen LogP contribution in [0, 0.1) is 0 Å². The van der Waals surface area contributed by atoms with Crippen LogP contribution in [0.5, 0.6) is 5.75 Å². The second-order valence-corrected chi connectivity index (χ2v) is 6.50. The molecule has 0 fully saturated rings. The lowest BCUT2D eigenvalue weighted by molar-refractivity contribution is -0.122. The van der Waals surface area contributed by atoms with Gasteiger partial charge >= 0.3 is 0 Å². The molecule has 112 valence electrons. The fraction of sp³-hybridized carbons (Fsp3) is 0.308. The monoisotopic (exact) mass is 343 g/mol. The number of amides is 1. The second kappa shape index (κ2) is 7.63. The number of halogens is 1. The molecule has 0 aliphatic rings. The molecule has 1 atom stereocenters. The first-order valence-corrected chi connectivity index (χ1v) is 8.65. The van der Waals surface area contributed by atoms with E-state index >= 15 is 0 Å². The second-order valence-electron chi connectivity index (χ2n) is 4.04. The van der Waals surface area contributed by atoms with Gasteiger partial charge < -0.3 is 4.74 Å². The molecule has 0 bridgehead atoms. The molecule has 2 rings (SSSR count). The Morgan fingerprint density at radius 1 is 1.43 bits per heavy atom. The maximum atomic E-state index is 12.2. The Bertz CT molecular complexity index is 604. The minimum Gasteiger partial charge on any atom is -0.481 e. The first kappa shape index (κ1) is 16.1. The standard InChI is InChI=1S/C13H14ClN3O2S2/c1-3-10(19-9-6-4-8(14)5-7-9)11(18)15-12-16-17-13(20-2)21-12/h4-7,10H,3H2,1-2H3,(H,15,16,18)/t10-/m1/s1. The third-order valence-corrected chi connectivity index (χ3v) is 4.63. The van der Waals surface area contributed by atoms with E-state index in [0.29, 0.717) is 22.3 Å². The van der Waals surface area contributed by atoms with Gasteiger partial charge in [0.25, 0.3) is 5.91 Å². The Hall–Kier alpha value is -1.31. The van der Waals surface area contributed by atoms with E-state index in [0.717, 1.165) is 4.34 Å². The number of carbonyl (C=O) groups is 1. The third kappa shape index (κ3) is 4.59. The molecule has 5 nitrogen and oxygen atoms in total. The van der Waals surface area contributed by atoms with E-state index in [1.54, 1.807) is 24.3 Å². The van der Waals surface area contributed by atoms with Crippen LogP contribution in [0.15, 0.2) is 28.6 Å². The fourth-order valence-corrected chi connectivity index (χ4v) is 2.83. The summed E-state index contributed by atoms with van der Waals surface area (Å²) in [6.07, 6.45) is 1.86. The summed E-state index contributed by atoms with van der Waals surface area (Å²) in [5.74, 6) is 0.361. The van der Waals surface area contributed by atoms with Crippen LogP contribution in [-0.4, -0.2) is 28.5 Å². The van der Waals surface area contributed by atoms with Crippen LogP contribution in [0.3, 0.4) is 0 Å². The van der Waals surface area contributed by atoms with Crippen molar-refractivity contribution < 1.29 is 9.53 Å². The molecule has 0 aliphatic carbocycles. The quantitative estimate of drug-likeness (QED) is 0.640. The lowest BCUT2D eigenvalue weighted by Crippen LogP contribution is -2.32. The van der Waals surface area contributed by atoms with Gasteiger partial charge in [-0.15, -0.1) is 10.2 Å². The van der Waals surface area contributed by atoms with Crippen molar-refractivity contribution in [3.05, 3.63) is 29.3 Å². The summed E-state index contributed by atoms with van der Waals surface area (Å²) in [5.41, 5.74) is 0. The molecule has 8 heteroatoms. The number of nitrogens with zero attached hydrogens (tertiary/aromatic N) is 2. The molecule has 0 unspecified atom stereocenters. The maximum Gasteiger partial charge on any atom is 0.267 e.